The van der Waals surface area contributed by atoms with Gasteiger partial charge in [0.25, 0.3) is 0 Å². The van der Waals surface area contributed by atoms with Crippen LogP contribution in [0.2, 0.25) is 0 Å². The zero-order chi connectivity index (χ0) is 16.5. The number of ether oxygens (including phenoxy) is 1. The smallest absolute Gasteiger partial charge is 0.241 e. The van der Waals surface area contributed by atoms with Crippen LogP contribution in [0.25, 0.3) is 11.3 Å². The van der Waals surface area contributed by atoms with Crippen LogP contribution in [0.5, 0.6) is 5.75 Å². The van der Waals surface area contributed by atoms with E-state index in [-0.39, 0.29) is 12.5 Å². The van der Waals surface area contributed by atoms with Gasteiger partial charge in [-0.25, -0.2) is 0 Å². The van der Waals surface area contributed by atoms with Crippen molar-refractivity contribution in [1.82, 2.24) is 15.1 Å². The maximum Gasteiger partial charge on any atom is 0.241 e. The van der Waals surface area contributed by atoms with Crippen molar-refractivity contribution in [2.45, 2.75) is 58.2 Å². The van der Waals surface area contributed by atoms with E-state index in [2.05, 4.69) is 23.4 Å². The van der Waals surface area contributed by atoms with Gasteiger partial charge in [0, 0.05) is 17.2 Å². The van der Waals surface area contributed by atoms with E-state index in [4.69, 9.17) is 4.74 Å². The van der Waals surface area contributed by atoms with E-state index in [1.54, 1.807) is 0 Å². The van der Waals surface area contributed by atoms with E-state index in [0.29, 0.717) is 12.6 Å². The summed E-state index contributed by atoms with van der Waals surface area (Å²) in [5.41, 5.74) is 4.25. The molecule has 0 radical (unpaired) electrons. The number of rotatable bonds is 3. The highest BCUT2D eigenvalue weighted by atomic mass is 16.5. The van der Waals surface area contributed by atoms with Crippen molar-refractivity contribution in [3.8, 4) is 17.0 Å². The Bertz CT molecular complexity index is 760. The molecule has 5 heteroatoms. The molecule has 0 spiro atoms. The maximum atomic E-state index is 12.4. The molecule has 1 aromatic carbocycles. The molecule has 1 aliphatic heterocycles. The van der Waals surface area contributed by atoms with Crippen LogP contribution in [0.15, 0.2) is 24.4 Å². The largest absolute Gasteiger partial charge is 0.488 e. The van der Waals surface area contributed by atoms with E-state index >= 15 is 0 Å². The summed E-state index contributed by atoms with van der Waals surface area (Å²) in [6.07, 6.45) is 7.72. The summed E-state index contributed by atoms with van der Waals surface area (Å²) >= 11 is 0. The SMILES string of the molecule is Cc1ccc2c(c1)-c1c(cnn1CC(=O)NC1CCCCC1)CO2. The molecule has 0 unspecified atom stereocenters. The van der Waals surface area contributed by atoms with Gasteiger partial charge in [-0.2, -0.15) is 5.10 Å². The Balaban J connectivity index is 1.55. The predicted octanol–water partition coefficient (Wildman–Crippen LogP) is 3.20. The molecule has 1 amide bonds. The third-order valence-electron chi connectivity index (χ3n) is 4.95. The average Bonchev–Trinajstić information content (AvgIpc) is 2.99. The van der Waals surface area contributed by atoms with Crippen LogP contribution in [0, 0.1) is 6.92 Å². The van der Waals surface area contributed by atoms with Gasteiger partial charge in [0.1, 0.15) is 18.9 Å². The van der Waals surface area contributed by atoms with Crippen molar-refractivity contribution in [3.63, 3.8) is 0 Å². The van der Waals surface area contributed by atoms with Crippen molar-refractivity contribution in [2.75, 3.05) is 0 Å². The number of amides is 1. The zero-order valence-corrected chi connectivity index (χ0v) is 14.0. The second kappa shape index (κ2) is 6.30. The van der Waals surface area contributed by atoms with Crippen LogP contribution < -0.4 is 10.1 Å². The van der Waals surface area contributed by atoms with E-state index < -0.39 is 0 Å². The van der Waals surface area contributed by atoms with Crippen LogP contribution in [-0.2, 0) is 17.9 Å². The van der Waals surface area contributed by atoms with E-state index in [1.807, 2.05) is 23.0 Å². The van der Waals surface area contributed by atoms with Gasteiger partial charge >= 0.3 is 0 Å². The Kier molecular flexibility index (Phi) is 4.00. The number of aryl methyl sites for hydroxylation is 1. The van der Waals surface area contributed by atoms with Gasteiger partial charge in [0.2, 0.25) is 5.91 Å². The summed E-state index contributed by atoms with van der Waals surface area (Å²) in [6, 6.07) is 6.47. The second-order valence-corrected chi connectivity index (χ2v) is 6.87. The van der Waals surface area contributed by atoms with Crippen LogP contribution in [-0.4, -0.2) is 21.7 Å². The third kappa shape index (κ3) is 2.90. The molecule has 126 valence electrons. The van der Waals surface area contributed by atoms with Crippen LogP contribution in [0.1, 0.15) is 43.2 Å². The number of benzene rings is 1. The number of fused-ring (bicyclic) bond motifs is 3. The first-order chi connectivity index (χ1) is 11.7. The normalized spacial score (nSPS) is 16.9. The van der Waals surface area contributed by atoms with E-state index in [0.717, 1.165) is 35.4 Å². The first-order valence-corrected chi connectivity index (χ1v) is 8.78. The Morgan fingerprint density at radius 3 is 3.00 bits per heavy atom. The number of aromatic nitrogens is 2. The number of carbonyl (C=O) groups is 1. The van der Waals surface area contributed by atoms with Gasteiger partial charge in [-0.15, -0.1) is 0 Å². The molecule has 1 aromatic heterocycles. The first kappa shape index (κ1) is 15.2. The van der Waals surface area contributed by atoms with Crippen LogP contribution >= 0.6 is 0 Å². The molecule has 0 saturated heterocycles. The summed E-state index contributed by atoms with van der Waals surface area (Å²) in [4.78, 5) is 12.4. The van der Waals surface area contributed by atoms with Gasteiger partial charge < -0.3 is 10.1 Å². The molecule has 1 fully saturated rings. The van der Waals surface area contributed by atoms with E-state index in [1.165, 1.54) is 24.8 Å². The van der Waals surface area contributed by atoms with Crippen molar-refractivity contribution in [3.05, 3.63) is 35.5 Å². The Morgan fingerprint density at radius 2 is 2.17 bits per heavy atom. The van der Waals surface area contributed by atoms with Gasteiger partial charge in [-0.1, -0.05) is 30.9 Å². The molecule has 24 heavy (non-hydrogen) atoms. The molecule has 1 saturated carbocycles. The second-order valence-electron chi connectivity index (χ2n) is 6.87. The van der Waals surface area contributed by atoms with Crippen molar-refractivity contribution >= 4 is 5.91 Å². The first-order valence-electron chi connectivity index (χ1n) is 8.78. The molecular weight excluding hydrogens is 302 g/mol. The quantitative estimate of drug-likeness (QED) is 0.943. The number of hydrogen-bond acceptors (Lipinski definition) is 3. The fraction of sp³-hybridized carbons (Fsp3) is 0.474. The molecule has 2 aliphatic rings. The lowest BCUT2D eigenvalue weighted by Crippen LogP contribution is -2.38. The zero-order valence-electron chi connectivity index (χ0n) is 14.0. The Labute approximate surface area is 142 Å². The molecule has 4 rings (SSSR count). The summed E-state index contributed by atoms with van der Waals surface area (Å²) in [7, 11) is 0. The van der Waals surface area contributed by atoms with Gasteiger partial charge in [-0.05, 0) is 31.9 Å². The minimum atomic E-state index is 0.0495. The third-order valence-corrected chi connectivity index (χ3v) is 4.95. The predicted molar refractivity (Wildman–Crippen MR) is 91.7 cm³/mol. The molecule has 1 aliphatic carbocycles. The lowest BCUT2D eigenvalue weighted by molar-refractivity contribution is -0.122. The van der Waals surface area contributed by atoms with Gasteiger partial charge in [0.05, 0.1) is 11.9 Å². The fourth-order valence-electron chi connectivity index (χ4n) is 3.73. The highest BCUT2D eigenvalue weighted by Crippen LogP contribution is 2.37. The van der Waals surface area contributed by atoms with Gasteiger partial charge in [-0.3, -0.25) is 9.48 Å². The minimum Gasteiger partial charge on any atom is -0.488 e. The van der Waals surface area contributed by atoms with E-state index in [9.17, 15) is 4.79 Å². The number of hydrogen-bond donors (Lipinski definition) is 1. The topological polar surface area (TPSA) is 56.2 Å². The molecule has 2 heterocycles. The number of nitrogens with zero attached hydrogens (tertiary/aromatic N) is 2. The minimum absolute atomic E-state index is 0.0495. The number of nitrogens with one attached hydrogen (secondary N) is 1. The summed E-state index contributed by atoms with van der Waals surface area (Å²) in [5.74, 6) is 0.913. The Morgan fingerprint density at radius 1 is 1.33 bits per heavy atom. The highest BCUT2D eigenvalue weighted by Gasteiger charge is 2.24. The Hall–Kier alpha value is -2.30. The summed E-state index contributed by atoms with van der Waals surface area (Å²) < 4.78 is 7.60. The highest BCUT2D eigenvalue weighted by molar-refractivity contribution is 5.78. The average molecular weight is 325 g/mol. The number of carbonyl (C=O) groups excluding carboxylic acids is 1. The van der Waals surface area contributed by atoms with Crippen molar-refractivity contribution in [1.29, 1.82) is 0 Å². The summed E-state index contributed by atoms with van der Waals surface area (Å²) in [6.45, 7) is 2.83. The van der Waals surface area contributed by atoms with Crippen LogP contribution in [0.4, 0.5) is 0 Å². The van der Waals surface area contributed by atoms with Crippen LogP contribution in [0.3, 0.4) is 0 Å². The molecule has 5 nitrogen and oxygen atoms in total. The maximum absolute atomic E-state index is 12.4. The lowest BCUT2D eigenvalue weighted by Gasteiger charge is -2.23. The fourth-order valence-corrected chi connectivity index (χ4v) is 3.73. The molecule has 2 aromatic rings. The molecular formula is C19H23N3O2. The lowest BCUT2D eigenvalue weighted by atomic mass is 9.95. The molecule has 0 bridgehead atoms. The standard InChI is InChI=1S/C19H23N3O2/c1-13-7-8-17-16(9-13)19-14(12-24-17)10-20-22(19)11-18(23)21-15-5-3-2-4-6-15/h7-10,15H,2-6,11-12H2,1H3,(H,21,23). The monoisotopic (exact) mass is 325 g/mol. The molecule has 0 atom stereocenters. The van der Waals surface area contributed by atoms with Crippen molar-refractivity contribution < 1.29 is 9.53 Å². The van der Waals surface area contributed by atoms with Crippen molar-refractivity contribution in [2.24, 2.45) is 0 Å². The molecule has 1 N–H and O–H groups in total. The van der Waals surface area contributed by atoms with Gasteiger partial charge in [0.15, 0.2) is 0 Å². The summed E-state index contributed by atoms with van der Waals surface area (Å²) in [5, 5.41) is 7.60.